The van der Waals surface area contributed by atoms with Crippen LogP contribution in [0.15, 0.2) is 0 Å². The highest BCUT2D eigenvalue weighted by Gasteiger charge is 2.47. The van der Waals surface area contributed by atoms with E-state index in [1.165, 1.54) is 0 Å². The van der Waals surface area contributed by atoms with Gasteiger partial charge in [-0.2, -0.15) is 13.9 Å². The second-order valence-corrected chi connectivity index (χ2v) is 3.63. The number of nitrogens with zero attached hydrogens (tertiary/aromatic N) is 2. The van der Waals surface area contributed by atoms with Crippen molar-refractivity contribution in [1.29, 1.82) is 0 Å². The second kappa shape index (κ2) is 3.92. The smallest absolute Gasteiger partial charge is 0.296 e. The van der Waals surface area contributed by atoms with Crippen LogP contribution in [0.4, 0.5) is 17.6 Å². The lowest BCUT2D eigenvalue weighted by atomic mass is 10.3. The number of H-pyrrole nitrogens is 1. The van der Waals surface area contributed by atoms with Crippen molar-refractivity contribution in [2.24, 2.45) is 0 Å². The van der Waals surface area contributed by atoms with E-state index in [4.69, 9.17) is 0 Å². The fraction of sp³-hybridized carbons (Fsp3) is 0.714. The van der Waals surface area contributed by atoms with Gasteiger partial charge in [0, 0.05) is 6.04 Å². The summed E-state index contributed by atoms with van der Waals surface area (Å²) in [6.07, 6.45) is -3.81. The Bertz CT molecular complexity index is 395. The van der Waals surface area contributed by atoms with Crippen LogP contribution in [0.1, 0.15) is 25.7 Å². The fourth-order valence-corrected chi connectivity index (χ4v) is 1.46. The normalized spacial score (nSPS) is 12.8. The molecule has 0 aliphatic heterocycles. The van der Waals surface area contributed by atoms with E-state index < -0.39 is 24.2 Å². The van der Waals surface area contributed by atoms with Crippen LogP contribution in [0, 0.1) is 4.77 Å². The van der Waals surface area contributed by atoms with Crippen LogP contribution in [0.5, 0.6) is 0 Å². The number of nitrogens with one attached hydrogen (secondary N) is 1. The monoisotopic (exact) mass is 243 g/mol. The van der Waals surface area contributed by atoms with E-state index >= 15 is 0 Å². The zero-order chi connectivity index (χ0) is 11.8. The molecule has 0 aliphatic carbocycles. The first-order chi connectivity index (χ1) is 6.78. The second-order valence-electron chi connectivity index (χ2n) is 3.24. The largest absolute Gasteiger partial charge is 0.365 e. The quantitative estimate of drug-likeness (QED) is 0.654. The molecule has 0 fully saturated rings. The summed E-state index contributed by atoms with van der Waals surface area (Å²) in [5, 5.41) is 5.23. The molecule has 0 saturated heterocycles. The molecule has 8 heteroatoms. The minimum atomic E-state index is -4.29. The standard InChI is InChI=1S/C7H9F4N3S/c1-3(2)14-5(12-13-6(14)15)7(10,11)4(8)9/h3-4H,1-2H3,(H,13,15). The van der Waals surface area contributed by atoms with Gasteiger partial charge in [-0.3, -0.25) is 9.67 Å². The Morgan fingerprint density at radius 3 is 2.33 bits per heavy atom. The Morgan fingerprint density at radius 1 is 1.40 bits per heavy atom. The maximum absolute atomic E-state index is 13.0. The third-order valence-corrected chi connectivity index (χ3v) is 2.08. The molecular formula is C7H9F4N3S. The van der Waals surface area contributed by atoms with Gasteiger partial charge in [-0.05, 0) is 26.1 Å². The van der Waals surface area contributed by atoms with Crippen molar-refractivity contribution in [3.8, 4) is 0 Å². The number of aromatic amines is 1. The van der Waals surface area contributed by atoms with Gasteiger partial charge in [0.25, 0.3) is 0 Å². The van der Waals surface area contributed by atoms with E-state index in [2.05, 4.69) is 22.4 Å². The molecule has 1 aromatic rings. The summed E-state index contributed by atoms with van der Waals surface area (Å²) in [6, 6.07) is -0.462. The maximum Gasteiger partial charge on any atom is 0.365 e. The average Bonchev–Trinajstić information content (AvgIpc) is 2.47. The molecule has 1 aromatic heterocycles. The number of hydrogen-bond acceptors (Lipinski definition) is 2. The van der Waals surface area contributed by atoms with Crippen LogP contribution in [0.3, 0.4) is 0 Å². The van der Waals surface area contributed by atoms with Crippen molar-refractivity contribution in [2.45, 2.75) is 32.2 Å². The maximum atomic E-state index is 13.0. The molecule has 0 spiro atoms. The molecule has 0 radical (unpaired) electrons. The van der Waals surface area contributed by atoms with Crippen molar-refractivity contribution in [3.05, 3.63) is 10.6 Å². The lowest BCUT2D eigenvalue weighted by Crippen LogP contribution is -2.28. The van der Waals surface area contributed by atoms with Crippen molar-refractivity contribution >= 4 is 12.2 Å². The molecule has 1 heterocycles. The SMILES string of the molecule is CC(C)n1c(C(F)(F)C(F)F)n[nH]c1=S. The van der Waals surface area contributed by atoms with E-state index in [-0.39, 0.29) is 4.77 Å². The zero-order valence-corrected chi connectivity index (χ0v) is 8.79. The van der Waals surface area contributed by atoms with Crippen molar-refractivity contribution in [3.63, 3.8) is 0 Å². The van der Waals surface area contributed by atoms with Gasteiger partial charge in [0.1, 0.15) is 0 Å². The van der Waals surface area contributed by atoms with Gasteiger partial charge in [-0.1, -0.05) is 0 Å². The van der Waals surface area contributed by atoms with Crippen LogP contribution in [-0.2, 0) is 5.92 Å². The van der Waals surface area contributed by atoms with Crippen molar-refractivity contribution in [1.82, 2.24) is 14.8 Å². The first kappa shape index (κ1) is 12.2. The van der Waals surface area contributed by atoms with Crippen molar-refractivity contribution in [2.75, 3.05) is 0 Å². The number of alkyl halides is 4. The third kappa shape index (κ3) is 2.04. The lowest BCUT2D eigenvalue weighted by Gasteiger charge is -2.17. The summed E-state index contributed by atoms with van der Waals surface area (Å²) in [7, 11) is 0. The Kier molecular flexibility index (Phi) is 3.17. The number of rotatable bonds is 3. The molecule has 0 amide bonds. The highest BCUT2D eigenvalue weighted by atomic mass is 32.1. The minimum Gasteiger partial charge on any atom is -0.296 e. The molecule has 15 heavy (non-hydrogen) atoms. The Labute approximate surface area is 88.1 Å². The summed E-state index contributed by atoms with van der Waals surface area (Å²) in [5.74, 6) is -5.32. The Balaban J connectivity index is 3.32. The molecule has 86 valence electrons. The molecule has 0 aliphatic rings. The zero-order valence-electron chi connectivity index (χ0n) is 7.97. The first-order valence-corrected chi connectivity index (χ1v) is 4.52. The molecule has 1 rings (SSSR count). The third-order valence-electron chi connectivity index (χ3n) is 1.79. The van der Waals surface area contributed by atoms with Gasteiger partial charge < -0.3 is 0 Å². The fourth-order valence-electron chi connectivity index (χ4n) is 1.12. The van der Waals surface area contributed by atoms with Gasteiger partial charge >= 0.3 is 12.3 Å². The van der Waals surface area contributed by atoms with E-state index in [0.717, 1.165) is 4.57 Å². The van der Waals surface area contributed by atoms with E-state index in [1.807, 2.05) is 0 Å². The van der Waals surface area contributed by atoms with Gasteiger partial charge in [0.05, 0.1) is 0 Å². The highest BCUT2D eigenvalue weighted by molar-refractivity contribution is 7.71. The van der Waals surface area contributed by atoms with Crippen LogP contribution < -0.4 is 0 Å². The topological polar surface area (TPSA) is 33.6 Å². The molecule has 3 nitrogen and oxygen atoms in total. The first-order valence-electron chi connectivity index (χ1n) is 4.11. The molecule has 0 bridgehead atoms. The summed E-state index contributed by atoms with van der Waals surface area (Å²) >= 11 is 4.67. The summed E-state index contributed by atoms with van der Waals surface area (Å²) in [4.78, 5) is 0. The summed E-state index contributed by atoms with van der Waals surface area (Å²) < 4.78 is 51.0. The van der Waals surface area contributed by atoms with Gasteiger partial charge in [0.2, 0.25) is 5.82 Å². The average molecular weight is 243 g/mol. The van der Waals surface area contributed by atoms with Gasteiger partial charge in [-0.25, -0.2) is 8.78 Å². The summed E-state index contributed by atoms with van der Waals surface area (Å²) in [5.41, 5.74) is 0. The molecule has 0 aromatic carbocycles. The molecule has 1 N–H and O–H groups in total. The predicted octanol–water partition coefficient (Wildman–Crippen LogP) is 2.88. The van der Waals surface area contributed by atoms with Crippen LogP contribution in [0.2, 0.25) is 0 Å². The number of aromatic nitrogens is 3. The van der Waals surface area contributed by atoms with Crippen LogP contribution in [-0.4, -0.2) is 21.2 Å². The molecule has 0 unspecified atom stereocenters. The Morgan fingerprint density at radius 2 is 1.93 bits per heavy atom. The number of hydrogen-bond donors (Lipinski definition) is 1. The number of halogens is 4. The lowest BCUT2D eigenvalue weighted by molar-refractivity contribution is -0.143. The van der Waals surface area contributed by atoms with Crippen molar-refractivity contribution < 1.29 is 17.6 Å². The Hall–Kier alpha value is -0.920. The van der Waals surface area contributed by atoms with E-state index in [9.17, 15) is 17.6 Å². The van der Waals surface area contributed by atoms with E-state index in [0.29, 0.717) is 0 Å². The predicted molar refractivity (Wildman–Crippen MR) is 47.7 cm³/mol. The highest BCUT2D eigenvalue weighted by Crippen LogP contribution is 2.34. The molecule has 0 saturated carbocycles. The van der Waals surface area contributed by atoms with Gasteiger partial charge in [0.15, 0.2) is 4.77 Å². The molecular weight excluding hydrogens is 234 g/mol. The van der Waals surface area contributed by atoms with Crippen LogP contribution >= 0.6 is 12.2 Å². The van der Waals surface area contributed by atoms with E-state index in [1.54, 1.807) is 13.8 Å². The minimum absolute atomic E-state index is 0.0969. The van der Waals surface area contributed by atoms with Gasteiger partial charge in [-0.15, -0.1) is 0 Å². The molecule has 0 atom stereocenters. The van der Waals surface area contributed by atoms with Crippen LogP contribution in [0.25, 0.3) is 0 Å². The summed E-state index contributed by atoms with van der Waals surface area (Å²) in [6.45, 7) is 3.10.